The number of carbonyl (C=O) groups excluding carboxylic acids is 1. The fourth-order valence-electron chi connectivity index (χ4n) is 3.77. The van der Waals surface area contributed by atoms with Crippen molar-refractivity contribution in [3.05, 3.63) is 21.0 Å². The van der Waals surface area contributed by atoms with Gasteiger partial charge in [0.05, 0.1) is 6.04 Å². The molecule has 0 bridgehead atoms. The Morgan fingerprint density at radius 1 is 1.17 bits per heavy atom. The minimum atomic E-state index is -0.600. The first-order chi connectivity index (χ1) is 11.5. The highest BCUT2D eigenvalue weighted by Crippen LogP contribution is 2.27. The number of nitrogens with zero attached hydrogens (tertiary/aromatic N) is 2. The summed E-state index contributed by atoms with van der Waals surface area (Å²) in [6.45, 7) is 2.53. The zero-order valence-corrected chi connectivity index (χ0v) is 14.0. The molecule has 3 rings (SSSR count). The zero-order chi connectivity index (χ0) is 17.1. The highest BCUT2D eigenvalue weighted by Gasteiger charge is 2.25. The van der Waals surface area contributed by atoms with E-state index in [2.05, 4.69) is 27.5 Å². The molecule has 1 aliphatic carbocycles. The summed E-state index contributed by atoms with van der Waals surface area (Å²) in [5, 5.41) is 5.87. The second-order valence-corrected chi connectivity index (χ2v) is 6.87. The Morgan fingerprint density at radius 2 is 1.92 bits per heavy atom. The molecule has 8 heteroatoms. The summed E-state index contributed by atoms with van der Waals surface area (Å²) in [7, 11) is 0. The fraction of sp³-hybridized carbons (Fsp3) is 0.750. The van der Waals surface area contributed by atoms with Gasteiger partial charge in [0, 0.05) is 19.0 Å². The van der Waals surface area contributed by atoms with Gasteiger partial charge in [-0.2, -0.15) is 4.98 Å². The Hall–Kier alpha value is -2.12. The lowest BCUT2D eigenvalue weighted by Gasteiger charge is -2.28. The Morgan fingerprint density at radius 3 is 2.58 bits per heavy atom. The number of carbonyl (C=O) groups is 1. The third-order valence-corrected chi connectivity index (χ3v) is 5.16. The summed E-state index contributed by atoms with van der Waals surface area (Å²) in [5.41, 5.74) is -1.11. The summed E-state index contributed by atoms with van der Waals surface area (Å²) in [5.74, 6) is 0.610. The maximum atomic E-state index is 12.3. The topological polar surface area (TPSA) is 109 Å². The number of hydrogen-bond donors (Lipinski definition) is 3. The normalized spacial score (nSPS) is 23.5. The van der Waals surface area contributed by atoms with Crippen LogP contribution in [-0.4, -0.2) is 33.0 Å². The van der Waals surface area contributed by atoms with Gasteiger partial charge < -0.3 is 10.6 Å². The molecule has 1 aromatic heterocycles. The van der Waals surface area contributed by atoms with Crippen LogP contribution in [-0.2, 0) is 4.79 Å². The van der Waals surface area contributed by atoms with Crippen LogP contribution < -0.4 is 22.0 Å². The molecule has 1 aliphatic heterocycles. The molecule has 132 valence electrons. The second kappa shape index (κ2) is 7.19. The predicted molar refractivity (Wildman–Crippen MR) is 90.1 cm³/mol. The Labute approximate surface area is 140 Å². The molecule has 2 fully saturated rings. The lowest BCUT2D eigenvalue weighted by atomic mass is 9.85. The zero-order valence-electron chi connectivity index (χ0n) is 14.0. The van der Waals surface area contributed by atoms with Crippen molar-refractivity contribution in [2.24, 2.45) is 5.92 Å². The number of piperidine rings is 1. The number of aromatic amines is 1. The predicted octanol–water partition coefficient (Wildman–Crippen LogP) is 0.763. The molecule has 1 unspecified atom stereocenters. The average molecular weight is 335 g/mol. The summed E-state index contributed by atoms with van der Waals surface area (Å²) in [4.78, 5) is 42.7. The monoisotopic (exact) mass is 335 g/mol. The summed E-state index contributed by atoms with van der Waals surface area (Å²) >= 11 is 0. The van der Waals surface area contributed by atoms with Crippen LogP contribution in [0.25, 0.3) is 0 Å². The molecular formula is C16H25N5O3. The Bertz CT molecular complexity index is 673. The van der Waals surface area contributed by atoms with Crippen molar-refractivity contribution in [3.63, 3.8) is 0 Å². The van der Waals surface area contributed by atoms with Crippen LogP contribution in [0.4, 0.5) is 5.95 Å². The molecule has 1 aromatic rings. The largest absolute Gasteiger partial charge is 0.356 e. The van der Waals surface area contributed by atoms with Crippen LogP contribution >= 0.6 is 0 Å². The van der Waals surface area contributed by atoms with E-state index in [4.69, 9.17) is 0 Å². The smallest absolute Gasteiger partial charge is 0.355 e. The standard InChI is InChI=1S/C16H25N5O3/c1-10(11-5-3-2-4-6-11)18-14-19-15(23)21(16(24)20-14)12-7-8-17-13(22)9-12/h10-12H,2-9H2,1H3,(H,17,22)(H2,18,19,20,23,24)/t10-,12?/m0/s1. The van der Waals surface area contributed by atoms with Crippen LogP contribution in [0.15, 0.2) is 9.59 Å². The molecule has 2 atom stereocenters. The van der Waals surface area contributed by atoms with E-state index in [1.165, 1.54) is 19.3 Å². The van der Waals surface area contributed by atoms with Crippen LogP contribution in [0.1, 0.15) is 57.9 Å². The fourth-order valence-corrected chi connectivity index (χ4v) is 3.77. The number of anilines is 1. The number of aromatic nitrogens is 3. The first-order valence-electron chi connectivity index (χ1n) is 8.80. The molecule has 3 N–H and O–H groups in total. The van der Waals surface area contributed by atoms with Gasteiger partial charge >= 0.3 is 11.4 Å². The molecule has 24 heavy (non-hydrogen) atoms. The van der Waals surface area contributed by atoms with Gasteiger partial charge in [-0.25, -0.2) is 14.2 Å². The number of hydrogen-bond acceptors (Lipinski definition) is 5. The van der Waals surface area contributed by atoms with Crippen molar-refractivity contribution in [3.8, 4) is 0 Å². The van der Waals surface area contributed by atoms with Gasteiger partial charge in [-0.3, -0.25) is 9.78 Å². The van der Waals surface area contributed by atoms with Gasteiger partial charge in [-0.05, 0) is 32.1 Å². The number of rotatable bonds is 4. The second-order valence-electron chi connectivity index (χ2n) is 6.87. The van der Waals surface area contributed by atoms with Gasteiger partial charge in [-0.15, -0.1) is 0 Å². The summed E-state index contributed by atoms with van der Waals surface area (Å²) in [6, 6.07) is -0.267. The minimum absolute atomic E-state index is 0.135. The molecule has 1 amide bonds. The third-order valence-electron chi connectivity index (χ3n) is 5.16. The SMILES string of the molecule is C[C@H](Nc1nc(=O)n(C2CCNC(=O)C2)c(=O)[nH]1)C1CCCCC1. The van der Waals surface area contributed by atoms with Crippen LogP contribution in [0, 0.1) is 5.92 Å². The van der Waals surface area contributed by atoms with E-state index in [1.807, 2.05) is 0 Å². The van der Waals surface area contributed by atoms with E-state index in [0.717, 1.165) is 17.4 Å². The molecule has 2 aliphatic rings. The number of nitrogens with one attached hydrogen (secondary N) is 3. The Kier molecular flexibility index (Phi) is 5.01. The van der Waals surface area contributed by atoms with E-state index in [0.29, 0.717) is 18.9 Å². The van der Waals surface area contributed by atoms with Crippen molar-refractivity contribution in [2.45, 2.75) is 64.0 Å². The van der Waals surface area contributed by atoms with Crippen molar-refractivity contribution < 1.29 is 4.79 Å². The summed E-state index contributed by atoms with van der Waals surface area (Å²) in [6.07, 6.45) is 6.75. The van der Waals surface area contributed by atoms with E-state index in [-0.39, 0.29) is 24.3 Å². The van der Waals surface area contributed by atoms with Crippen LogP contribution in [0.5, 0.6) is 0 Å². The van der Waals surface area contributed by atoms with Gasteiger partial charge in [0.1, 0.15) is 0 Å². The first kappa shape index (κ1) is 16.7. The average Bonchev–Trinajstić information content (AvgIpc) is 2.55. The third kappa shape index (κ3) is 3.68. The highest BCUT2D eigenvalue weighted by molar-refractivity contribution is 5.77. The van der Waals surface area contributed by atoms with Gasteiger partial charge in [0.25, 0.3) is 0 Å². The Balaban J connectivity index is 1.75. The maximum Gasteiger partial charge on any atom is 0.355 e. The van der Waals surface area contributed by atoms with E-state index in [1.54, 1.807) is 0 Å². The van der Waals surface area contributed by atoms with Gasteiger partial charge in [0.2, 0.25) is 11.9 Å². The highest BCUT2D eigenvalue weighted by atomic mass is 16.2. The van der Waals surface area contributed by atoms with E-state index in [9.17, 15) is 14.4 Å². The molecular weight excluding hydrogens is 310 g/mol. The van der Waals surface area contributed by atoms with Crippen LogP contribution in [0.3, 0.4) is 0 Å². The van der Waals surface area contributed by atoms with Crippen LogP contribution in [0.2, 0.25) is 0 Å². The molecule has 0 spiro atoms. The maximum absolute atomic E-state index is 12.3. The summed E-state index contributed by atoms with van der Waals surface area (Å²) < 4.78 is 1.06. The van der Waals surface area contributed by atoms with Crippen molar-refractivity contribution in [1.29, 1.82) is 0 Å². The molecule has 1 saturated heterocycles. The molecule has 0 radical (unpaired) electrons. The quantitative estimate of drug-likeness (QED) is 0.753. The van der Waals surface area contributed by atoms with Crippen molar-refractivity contribution in [1.82, 2.24) is 19.9 Å². The lowest BCUT2D eigenvalue weighted by Crippen LogP contribution is -2.45. The van der Waals surface area contributed by atoms with Gasteiger partial charge in [0.15, 0.2) is 0 Å². The molecule has 2 heterocycles. The molecule has 1 saturated carbocycles. The first-order valence-corrected chi connectivity index (χ1v) is 8.80. The van der Waals surface area contributed by atoms with E-state index < -0.39 is 17.4 Å². The number of amides is 1. The lowest BCUT2D eigenvalue weighted by molar-refractivity contribution is -0.123. The van der Waals surface area contributed by atoms with Gasteiger partial charge in [-0.1, -0.05) is 19.3 Å². The molecule has 0 aromatic carbocycles. The van der Waals surface area contributed by atoms with Crippen molar-refractivity contribution >= 4 is 11.9 Å². The minimum Gasteiger partial charge on any atom is -0.356 e. The molecule has 8 nitrogen and oxygen atoms in total. The van der Waals surface area contributed by atoms with E-state index >= 15 is 0 Å². The number of H-pyrrole nitrogens is 1. The van der Waals surface area contributed by atoms with Crippen molar-refractivity contribution in [2.75, 3.05) is 11.9 Å².